The number of alkyl carbamates (subject to hydrolysis) is 1. The fraction of sp³-hybridized carbons (Fsp3) is 0.478. The van der Waals surface area contributed by atoms with Gasteiger partial charge in [-0.25, -0.2) is 9.59 Å². The van der Waals surface area contributed by atoms with Gasteiger partial charge in [-0.2, -0.15) is 5.21 Å². The number of carbonyl (C=O) groups excluding carboxylic acids is 5. The summed E-state index contributed by atoms with van der Waals surface area (Å²) in [6.07, 6.45) is 2.87. The molecule has 5 N–H and O–H groups in total. The van der Waals surface area contributed by atoms with E-state index in [2.05, 4.69) is 41.9 Å². The fourth-order valence-electron chi connectivity index (χ4n) is 7.71. The van der Waals surface area contributed by atoms with E-state index in [-0.39, 0.29) is 48.1 Å². The van der Waals surface area contributed by atoms with Crippen LogP contribution in [0, 0.1) is 18.8 Å². The molecule has 2 heterocycles. The third-order valence-corrected chi connectivity index (χ3v) is 10.9. The van der Waals surface area contributed by atoms with Gasteiger partial charge in [-0.1, -0.05) is 30.3 Å². The van der Waals surface area contributed by atoms with Crippen LogP contribution in [0.25, 0.3) is 22.5 Å². The minimum atomic E-state index is -0.868. The third-order valence-electron chi connectivity index (χ3n) is 10.9. The van der Waals surface area contributed by atoms with Gasteiger partial charge in [-0.3, -0.25) is 14.4 Å². The van der Waals surface area contributed by atoms with E-state index in [9.17, 15) is 24.0 Å². The first-order valence-corrected chi connectivity index (χ1v) is 21.3. The Labute approximate surface area is 362 Å². The molecule has 2 aliphatic rings. The molecule has 330 valence electrons. The van der Waals surface area contributed by atoms with Gasteiger partial charge in [0.25, 0.3) is 5.91 Å². The van der Waals surface area contributed by atoms with Crippen LogP contribution in [-0.2, 0) is 25.5 Å². The van der Waals surface area contributed by atoms with E-state index in [0.717, 1.165) is 40.7 Å². The normalized spacial score (nSPS) is 18.3. The molecule has 1 saturated heterocycles. The van der Waals surface area contributed by atoms with Crippen LogP contribution >= 0.6 is 0 Å². The smallest absolute Gasteiger partial charge is 0.410 e. The Morgan fingerprint density at radius 2 is 1.52 bits per heavy atom. The van der Waals surface area contributed by atoms with Crippen molar-refractivity contribution < 1.29 is 33.4 Å². The summed E-state index contributed by atoms with van der Waals surface area (Å²) in [5.41, 5.74) is 4.29. The Bertz CT molecular complexity index is 2190. The number of hydrogen-bond acceptors (Lipinski definition) is 10. The maximum atomic E-state index is 13.9. The van der Waals surface area contributed by atoms with Gasteiger partial charge < -0.3 is 35.6 Å². The number of benzene rings is 3. The molecule has 2 fully saturated rings. The Morgan fingerprint density at radius 1 is 0.839 bits per heavy atom. The molecular weight excluding hydrogens is 791 g/mol. The number of aromatic nitrogens is 4. The molecule has 62 heavy (non-hydrogen) atoms. The van der Waals surface area contributed by atoms with Crippen molar-refractivity contribution >= 4 is 35.6 Å². The van der Waals surface area contributed by atoms with Crippen LogP contribution < -0.4 is 21.3 Å². The average molecular weight is 850 g/mol. The van der Waals surface area contributed by atoms with E-state index < -0.39 is 23.3 Å². The number of carbonyl (C=O) groups is 5. The number of nitrogens with zero attached hydrogens (tertiary/aromatic N) is 4. The first kappa shape index (κ1) is 45.2. The molecule has 1 aliphatic carbocycles. The van der Waals surface area contributed by atoms with Crippen LogP contribution in [0.2, 0.25) is 0 Å². The molecule has 1 aromatic heterocycles. The maximum absolute atomic E-state index is 13.9. The number of ether oxygens (including phenoxy) is 2. The summed E-state index contributed by atoms with van der Waals surface area (Å²) < 4.78 is 10.8. The lowest BCUT2D eigenvalue weighted by Crippen LogP contribution is -2.48. The Morgan fingerprint density at radius 3 is 2.15 bits per heavy atom. The van der Waals surface area contributed by atoms with Crippen LogP contribution in [0.5, 0.6) is 0 Å². The molecule has 16 nitrogen and oxygen atoms in total. The molecule has 5 amide bonds. The summed E-state index contributed by atoms with van der Waals surface area (Å²) in [4.78, 5) is 67.2. The Balaban J connectivity index is 1.08. The highest BCUT2D eigenvalue weighted by Gasteiger charge is 2.32. The number of tetrazole rings is 1. The van der Waals surface area contributed by atoms with Crippen molar-refractivity contribution in [1.82, 2.24) is 41.5 Å². The van der Waals surface area contributed by atoms with Gasteiger partial charge in [-0.05, 0) is 150 Å². The Hall–Kier alpha value is -6.32. The minimum Gasteiger partial charge on any atom is -0.444 e. The van der Waals surface area contributed by atoms with E-state index in [1.54, 1.807) is 35.2 Å². The molecular formula is C46H59N9O7. The zero-order valence-corrected chi connectivity index (χ0v) is 36.7. The minimum absolute atomic E-state index is 0.170. The summed E-state index contributed by atoms with van der Waals surface area (Å²) >= 11 is 0. The monoisotopic (exact) mass is 849 g/mol. The molecule has 6 rings (SSSR count). The van der Waals surface area contributed by atoms with E-state index in [4.69, 9.17) is 9.47 Å². The molecule has 0 spiro atoms. The number of likely N-dealkylation sites (tertiary alicyclic amines) is 1. The second kappa shape index (κ2) is 19.6. The summed E-state index contributed by atoms with van der Waals surface area (Å²) in [7, 11) is 0. The van der Waals surface area contributed by atoms with Crippen molar-refractivity contribution in [3.05, 3.63) is 83.4 Å². The van der Waals surface area contributed by atoms with Crippen molar-refractivity contribution in [2.75, 3.05) is 25.0 Å². The zero-order valence-electron chi connectivity index (χ0n) is 36.7. The highest BCUT2D eigenvalue weighted by molar-refractivity contribution is 5.98. The van der Waals surface area contributed by atoms with Gasteiger partial charge in [0.1, 0.15) is 17.2 Å². The molecule has 0 bridgehead atoms. The van der Waals surface area contributed by atoms with E-state index in [0.29, 0.717) is 56.0 Å². The van der Waals surface area contributed by atoms with Crippen molar-refractivity contribution in [2.24, 2.45) is 11.8 Å². The van der Waals surface area contributed by atoms with Gasteiger partial charge in [0, 0.05) is 54.8 Å². The SMILES string of the molecule is Cc1cc(C(=O)N[C@@H]2CCN(C(=O)OC(C)(C)C)C2)ccc1-c1ccc(C[C@H](NC(=O)C2CCC(CNC(=O)OC(C)(C)C)CC2)C(=O)Nc2ccc(-c3nn[nH]n3)cc2)cc1. The lowest BCUT2D eigenvalue weighted by molar-refractivity contribution is -0.130. The fourth-order valence-corrected chi connectivity index (χ4v) is 7.71. The lowest BCUT2D eigenvalue weighted by Gasteiger charge is -2.29. The van der Waals surface area contributed by atoms with Crippen molar-refractivity contribution in [3.63, 3.8) is 0 Å². The molecule has 4 aromatic rings. The van der Waals surface area contributed by atoms with Gasteiger partial charge in [0.2, 0.25) is 17.6 Å². The molecule has 16 heteroatoms. The number of H-pyrrole nitrogens is 1. The van der Waals surface area contributed by atoms with Crippen LogP contribution in [0.3, 0.4) is 0 Å². The second-order valence-corrected chi connectivity index (χ2v) is 18.3. The van der Waals surface area contributed by atoms with Gasteiger partial charge in [0.05, 0.1) is 0 Å². The van der Waals surface area contributed by atoms with Crippen LogP contribution in [0.15, 0.2) is 66.7 Å². The number of nitrogens with one attached hydrogen (secondary N) is 5. The average Bonchev–Trinajstić information content (AvgIpc) is 3.93. The molecule has 3 aromatic carbocycles. The predicted octanol–water partition coefficient (Wildman–Crippen LogP) is 6.58. The van der Waals surface area contributed by atoms with E-state index in [1.807, 2.05) is 84.9 Å². The Kier molecular flexibility index (Phi) is 14.3. The van der Waals surface area contributed by atoms with Gasteiger partial charge >= 0.3 is 12.2 Å². The predicted molar refractivity (Wildman–Crippen MR) is 234 cm³/mol. The molecule has 2 atom stereocenters. The van der Waals surface area contributed by atoms with Crippen LogP contribution in [0.1, 0.15) is 95.1 Å². The number of amides is 5. The topological polar surface area (TPSA) is 210 Å². The number of rotatable bonds is 12. The first-order chi connectivity index (χ1) is 29.4. The van der Waals surface area contributed by atoms with Crippen molar-refractivity contribution in [1.29, 1.82) is 0 Å². The standard InChI is InChI=1S/C46H59N9O7/c1-28-24-34(41(57)49-36-22-23-55(27-36)44(60)62-46(5,6)7)18-21-37(28)31-12-8-29(9-13-31)25-38(42(58)48-35-19-16-32(17-20-35)39-51-53-54-52-39)50-40(56)33-14-10-30(11-15-33)26-47-43(59)61-45(2,3)4/h8-9,12-13,16-21,24,30,33,36,38H,10-11,14-15,22-23,25-27H2,1-7H3,(H,47,59)(H,48,58)(H,49,57)(H,50,56)(H,51,52,53,54)/t30?,33?,36-,38+/m1/s1. The van der Waals surface area contributed by atoms with Crippen LogP contribution in [-0.4, -0.2) is 98.4 Å². The number of anilines is 1. The largest absolute Gasteiger partial charge is 0.444 e. The van der Waals surface area contributed by atoms with E-state index >= 15 is 0 Å². The summed E-state index contributed by atoms with van der Waals surface area (Å²) in [5.74, 6) is -0.350. The molecule has 1 saturated carbocycles. The number of hydrogen-bond donors (Lipinski definition) is 5. The second-order valence-electron chi connectivity index (χ2n) is 18.3. The summed E-state index contributed by atoms with van der Waals surface area (Å²) in [6.45, 7) is 14.3. The van der Waals surface area contributed by atoms with E-state index in [1.165, 1.54) is 0 Å². The zero-order chi connectivity index (χ0) is 44.6. The molecule has 0 unspecified atom stereocenters. The molecule has 1 aliphatic heterocycles. The summed E-state index contributed by atoms with van der Waals surface area (Å²) in [6, 6.07) is 19.4. The highest BCUT2D eigenvalue weighted by atomic mass is 16.6. The first-order valence-electron chi connectivity index (χ1n) is 21.3. The lowest BCUT2D eigenvalue weighted by atomic mass is 9.81. The third kappa shape index (κ3) is 12.8. The van der Waals surface area contributed by atoms with Crippen LogP contribution in [0.4, 0.5) is 15.3 Å². The quantitative estimate of drug-likeness (QED) is 0.103. The number of aryl methyl sites for hydroxylation is 1. The van der Waals surface area contributed by atoms with Gasteiger partial charge in [0.15, 0.2) is 0 Å². The van der Waals surface area contributed by atoms with Crippen molar-refractivity contribution in [2.45, 2.75) is 110 Å². The molecule has 0 radical (unpaired) electrons. The number of aromatic amines is 1. The maximum Gasteiger partial charge on any atom is 0.410 e. The van der Waals surface area contributed by atoms with Crippen molar-refractivity contribution in [3.8, 4) is 22.5 Å². The summed E-state index contributed by atoms with van der Waals surface area (Å²) in [5, 5.41) is 26.0. The highest BCUT2D eigenvalue weighted by Crippen LogP contribution is 2.30. The van der Waals surface area contributed by atoms with Gasteiger partial charge in [-0.15, -0.1) is 10.2 Å².